The zero-order valence-electron chi connectivity index (χ0n) is 12.7. The lowest BCUT2D eigenvalue weighted by molar-refractivity contribution is -0.123. The summed E-state index contributed by atoms with van der Waals surface area (Å²) in [6.45, 7) is 10.0. The molecule has 1 fully saturated rings. The van der Waals surface area contributed by atoms with Crippen LogP contribution in [-0.2, 0) is 4.79 Å². The minimum atomic E-state index is -0.201. The summed E-state index contributed by atoms with van der Waals surface area (Å²) in [4.78, 5) is 16.1. The predicted octanol–water partition coefficient (Wildman–Crippen LogP) is 1.69. The van der Waals surface area contributed by atoms with Gasteiger partial charge >= 0.3 is 0 Å². The van der Waals surface area contributed by atoms with Gasteiger partial charge in [-0.25, -0.2) is 0 Å². The Kier molecular flexibility index (Phi) is 4.65. The summed E-state index contributed by atoms with van der Waals surface area (Å²) in [7, 11) is 0. The molecule has 1 atom stereocenters. The van der Waals surface area contributed by atoms with Crippen molar-refractivity contribution in [3.63, 3.8) is 0 Å². The number of amides is 1. The van der Waals surface area contributed by atoms with Gasteiger partial charge < -0.3 is 10.6 Å². The Morgan fingerprint density at radius 2 is 1.90 bits per heavy atom. The Hall–Kier alpha value is -1.55. The van der Waals surface area contributed by atoms with Gasteiger partial charge in [0.15, 0.2) is 0 Å². The van der Waals surface area contributed by atoms with Gasteiger partial charge in [-0.2, -0.15) is 0 Å². The van der Waals surface area contributed by atoms with E-state index in [9.17, 15) is 4.79 Å². The van der Waals surface area contributed by atoms with Crippen LogP contribution in [0, 0.1) is 13.8 Å². The Morgan fingerprint density at radius 1 is 1.25 bits per heavy atom. The topological polar surface area (TPSA) is 49.6 Å². The van der Waals surface area contributed by atoms with Gasteiger partial charge in [0.1, 0.15) is 0 Å². The molecule has 1 heterocycles. The van der Waals surface area contributed by atoms with Gasteiger partial charge in [-0.1, -0.05) is 19.1 Å². The van der Waals surface area contributed by atoms with Crippen molar-refractivity contribution in [3.8, 4) is 0 Å². The first-order valence-corrected chi connectivity index (χ1v) is 7.39. The van der Waals surface area contributed by atoms with Crippen molar-refractivity contribution in [1.82, 2.24) is 4.90 Å². The van der Waals surface area contributed by atoms with Crippen molar-refractivity contribution in [2.24, 2.45) is 5.73 Å². The Morgan fingerprint density at radius 3 is 2.45 bits per heavy atom. The highest BCUT2D eigenvalue weighted by atomic mass is 16.1. The van der Waals surface area contributed by atoms with Gasteiger partial charge in [0.2, 0.25) is 5.91 Å². The van der Waals surface area contributed by atoms with Crippen molar-refractivity contribution in [2.75, 3.05) is 31.1 Å². The van der Waals surface area contributed by atoms with Crippen LogP contribution in [-0.4, -0.2) is 43.0 Å². The molecule has 0 bridgehead atoms. The quantitative estimate of drug-likeness (QED) is 0.909. The second-order valence-electron chi connectivity index (χ2n) is 5.57. The molecule has 1 aliphatic rings. The van der Waals surface area contributed by atoms with E-state index in [4.69, 9.17) is 5.73 Å². The van der Waals surface area contributed by atoms with Crippen LogP contribution in [0.4, 0.5) is 5.69 Å². The van der Waals surface area contributed by atoms with Crippen LogP contribution in [0.5, 0.6) is 0 Å². The first-order chi connectivity index (χ1) is 9.54. The third-order valence-electron chi connectivity index (χ3n) is 4.39. The summed E-state index contributed by atoms with van der Waals surface area (Å²) >= 11 is 0. The Labute approximate surface area is 121 Å². The average molecular weight is 275 g/mol. The maximum absolute atomic E-state index is 11.4. The Balaban J connectivity index is 2.04. The highest BCUT2D eigenvalue weighted by Crippen LogP contribution is 2.24. The van der Waals surface area contributed by atoms with Gasteiger partial charge in [-0.3, -0.25) is 9.69 Å². The number of carbonyl (C=O) groups excluding carboxylic acids is 1. The van der Waals surface area contributed by atoms with E-state index < -0.39 is 0 Å². The molecule has 0 aromatic heterocycles. The molecule has 1 aromatic rings. The van der Waals surface area contributed by atoms with Crippen molar-refractivity contribution in [1.29, 1.82) is 0 Å². The summed E-state index contributed by atoms with van der Waals surface area (Å²) in [5, 5.41) is 0. The molecule has 1 amide bonds. The molecule has 2 rings (SSSR count). The molecule has 0 saturated carbocycles. The monoisotopic (exact) mass is 275 g/mol. The second-order valence-corrected chi connectivity index (χ2v) is 5.57. The standard InChI is InChI=1S/C16H25N3O/c1-4-14(16(17)20)18-8-10-19(11-9-18)15-7-5-6-12(2)13(15)3/h5-7,14H,4,8-11H2,1-3H3,(H2,17,20). The number of piperazine rings is 1. The summed E-state index contributed by atoms with van der Waals surface area (Å²) in [5.41, 5.74) is 9.47. The SMILES string of the molecule is CCC(C(N)=O)N1CCN(c2cccc(C)c2C)CC1. The molecule has 20 heavy (non-hydrogen) atoms. The van der Waals surface area contributed by atoms with E-state index in [1.807, 2.05) is 6.92 Å². The van der Waals surface area contributed by atoms with Gasteiger partial charge in [-0.15, -0.1) is 0 Å². The van der Waals surface area contributed by atoms with E-state index in [2.05, 4.69) is 41.8 Å². The first kappa shape index (κ1) is 14.9. The highest BCUT2D eigenvalue weighted by molar-refractivity contribution is 5.79. The van der Waals surface area contributed by atoms with Gasteiger partial charge in [-0.05, 0) is 37.5 Å². The first-order valence-electron chi connectivity index (χ1n) is 7.39. The van der Waals surface area contributed by atoms with E-state index in [1.54, 1.807) is 0 Å². The largest absolute Gasteiger partial charge is 0.369 e. The fourth-order valence-electron chi connectivity index (χ4n) is 2.99. The fraction of sp³-hybridized carbons (Fsp3) is 0.562. The minimum Gasteiger partial charge on any atom is -0.369 e. The zero-order chi connectivity index (χ0) is 14.7. The van der Waals surface area contributed by atoms with Crippen molar-refractivity contribution in [3.05, 3.63) is 29.3 Å². The van der Waals surface area contributed by atoms with E-state index in [-0.39, 0.29) is 11.9 Å². The molecule has 1 saturated heterocycles. The lowest BCUT2D eigenvalue weighted by Crippen LogP contribution is -2.54. The number of aryl methyl sites for hydroxylation is 1. The van der Waals surface area contributed by atoms with E-state index in [0.717, 1.165) is 32.6 Å². The number of rotatable bonds is 4. The number of nitrogens with zero attached hydrogens (tertiary/aromatic N) is 2. The number of primary amides is 1. The van der Waals surface area contributed by atoms with E-state index >= 15 is 0 Å². The van der Waals surface area contributed by atoms with Crippen LogP contribution in [0.25, 0.3) is 0 Å². The molecule has 1 aromatic carbocycles. The van der Waals surface area contributed by atoms with Crippen LogP contribution in [0.2, 0.25) is 0 Å². The number of carbonyl (C=O) groups is 1. The third kappa shape index (κ3) is 2.96. The summed E-state index contributed by atoms with van der Waals surface area (Å²) in [6.07, 6.45) is 0.790. The summed E-state index contributed by atoms with van der Waals surface area (Å²) in [6, 6.07) is 6.33. The maximum atomic E-state index is 11.4. The van der Waals surface area contributed by atoms with Crippen LogP contribution < -0.4 is 10.6 Å². The number of anilines is 1. The molecular weight excluding hydrogens is 250 g/mol. The molecule has 0 radical (unpaired) electrons. The zero-order valence-corrected chi connectivity index (χ0v) is 12.7. The number of hydrogen-bond donors (Lipinski definition) is 1. The molecule has 110 valence electrons. The van der Waals surface area contributed by atoms with Gasteiger partial charge in [0.05, 0.1) is 6.04 Å². The van der Waals surface area contributed by atoms with Gasteiger partial charge in [0, 0.05) is 31.9 Å². The van der Waals surface area contributed by atoms with Crippen molar-refractivity contribution < 1.29 is 4.79 Å². The molecule has 0 aliphatic carbocycles. The second kappa shape index (κ2) is 6.27. The normalized spacial score (nSPS) is 18.1. The maximum Gasteiger partial charge on any atom is 0.234 e. The molecule has 2 N–H and O–H groups in total. The van der Waals surface area contributed by atoms with Crippen molar-refractivity contribution in [2.45, 2.75) is 33.2 Å². The molecule has 4 heteroatoms. The summed E-state index contributed by atoms with van der Waals surface area (Å²) in [5.74, 6) is -0.201. The number of benzene rings is 1. The number of nitrogens with two attached hydrogens (primary N) is 1. The lowest BCUT2D eigenvalue weighted by Gasteiger charge is -2.39. The van der Waals surface area contributed by atoms with Crippen LogP contribution in [0.3, 0.4) is 0 Å². The Bertz CT molecular complexity index is 479. The minimum absolute atomic E-state index is 0.115. The third-order valence-corrected chi connectivity index (χ3v) is 4.39. The molecule has 0 spiro atoms. The smallest absolute Gasteiger partial charge is 0.234 e. The predicted molar refractivity (Wildman–Crippen MR) is 83.0 cm³/mol. The van der Waals surface area contributed by atoms with Gasteiger partial charge in [0.25, 0.3) is 0 Å². The van der Waals surface area contributed by atoms with Crippen LogP contribution in [0.15, 0.2) is 18.2 Å². The van der Waals surface area contributed by atoms with Crippen molar-refractivity contribution >= 4 is 11.6 Å². The molecule has 1 aliphatic heterocycles. The van der Waals surface area contributed by atoms with E-state index in [1.165, 1.54) is 16.8 Å². The number of hydrogen-bond acceptors (Lipinski definition) is 3. The molecule has 1 unspecified atom stereocenters. The molecule has 4 nitrogen and oxygen atoms in total. The van der Waals surface area contributed by atoms with E-state index in [0.29, 0.717) is 0 Å². The molecular formula is C16H25N3O. The summed E-state index contributed by atoms with van der Waals surface area (Å²) < 4.78 is 0. The average Bonchev–Trinajstić information content (AvgIpc) is 2.43. The van der Waals surface area contributed by atoms with Crippen LogP contribution >= 0.6 is 0 Å². The lowest BCUT2D eigenvalue weighted by atomic mass is 10.1. The fourth-order valence-corrected chi connectivity index (χ4v) is 2.99. The highest BCUT2D eigenvalue weighted by Gasteiger charge is 2.26. The van der Waals surface area contributed by atoms with Crippen LogP contribution in [0.1, 0.15) is 24.5 Å².